The summed E-state index contributed by atoms with van der Waals surface area (Å²) in [5.41, 5.74) is 0.0391. The number of carbonyl (C=O) groups is 1. The van der Waals surface area contributed by atoms with Gasteiger partial charge in [0, 0.05) is 31.8 Å². The topological polar surface area (TPSA) is 85.2 Å². The molecule has 96 valence electrons. The summed E-state index contributed by atoms with van der Waals surface area (Å²) in [6.45, 7) is 1.21. The van der Waals surface area contributed by atoms with E-state index in [0.717, 1.165) is 19.3 Å². The SMILES string of the molecule is N#C/C(=C/NCCCCCO)C(=O)NCCCl. The molecule has 0 saturated carbocycles. The number of hydrogen-bond donors (Lipinski definition) is 3. The standard InChI is InChI=1S/C11H18ClN3O2/c12-4-6-15-11(17)10(8-13)9-14-5-2-1-3-7-16/h9,14,16H,1-7H2,(H,15,17)/b10-9-. The van der Waals surface area contributed by atoms with Gasteiger partial charge >= 0.3 is 0 Å². The third-order valence-electron chi connectivity index (χ3n) is 1.97. The smallest absolute Gasteiger partial charge is 0.263 e. The maximum Gasteiger partial charge on any atom is 0.263 e. The lowest BCUT2D eigenvalue weighted by atomic mass is 10.2. The summed E-state index contributed by atoms with van der Waals surface area (Å²) in [6, 6.07) is 1.82. The molecule has 0 saturated heterocycles. The molecule has 0 rings (SSSR count). The van der Waals surface area contributed by atoms with Crippen molar-refractivity contribution in [2.45, 2.75) is 19.3 Å². The van der Waals surface area contributed by atoms with Crippen LogP contribution in [0.2, 0.25) is 0 Å². The number of nitrogens with zero attached hydrogens (tertiary/aromatic N) is 1. The van der Waals surface area contributed by atoms with Crippen LogP contribution >= 0.6 is 11.6 Å². The maximum atomic E-state index is 11.4. The van der Waals surface area contributed by atoms with Gasteiger partial charge in [0.2, 0.25) is 0 Å². The number of alkyl halides is 1. The summed E-state index contributed by atoms with van der Waals surface area (Å²) in [5.74, 6) is -0.102. The maximum absolute atomic E-state index is 11.4. The molecule has 17 heavy (non-hydrogen) atoms. The number of rotatable bonds is 9. The molecule has 0 aliphatic heterocycles. The minimum atomic E-state index is -0.420. The number of halogens is 1. The van der Waals surface area contributed by atoms with Gasteiger partial charge in [-0.2, -0.15) is 5.26 Å². The Morgan fingerprint density at radius 1 is 1.35 bits per heavy atom. The third-order valence-corrected chi connectivity index (χ3v) is 2.16. The van der Waals surface area contributed by atoms with E-state index in [1.54, 1.807) is 0 Å². The Balaban J connectivity index is 3.85. The van der Waals surface area contributed by atoms with E-state index in [9.17, 15) is 4.79 Å². The van der Waals surface area contributed by atoms with Crippen molar-refractivity contribution in [3.63, 3.8) is 0 Å². The van der Waals surface area contributed by atoms with Gasteiger partial charge in [0.1, 0.15) is 11.6 Å². The lowest BCUT2D eigenvalue weighted by Crippen LogP contribution is -2.27. The van der Waals surface area contributed by atoms with Crippen LogP contribution in [0.15, 0.2) is 11.8 Å². The molecule has 0 aromatic heterocycles. The van der Waals surface area contributed by atoms with Crippen LogP contribution in [0, 0.1) is 11.3 Å². The number of hydrogen-bond acceptors (Lipinski definition) is 4. The Kier molecular flexibility index (Phi) is 10.4. The second-order valence-corrected chi connectivity index (χ2v) is 3.73. The molecule has 0 aromatic carbocycles. The van der Waals surface area contributed by atoms with Gasteiger partial charge in [0.05, 0.1) is 0 Å². The summed E-state index contributed by atoms with van der Waals surface area (Å²) in [6.07, 6.45) is 3.98. The number of amides is 1. The molecule has 0 unspecified atom stereocenters. The molecule has 0 atom stereocenters. The first-order valence-electron chi connectivity index (χ1n) is 5.55. The number of nitriles is 1. The predicted octanol–water partition coefficient (Wildman–Crippen LogP) is 0.501. The molecular formula is C11H18ClN3O2. The zero-order valence-corrected chi connectivity index (χ0v) is 10.5. The summed E-state index contributed by atoms with van der Waals surface area (Å²) in [5, 5.41) is 22.7. The first-order chi connectivity index (χ1) is 8.26. The fourth-order valence-electron chi connectivity index (χ4n) is 1.09. The van der Waals surface area contributed by atoms with Gasteiger partial charge in [-0.3, -0.25) is 4.79 Å². The van der Waals surface area contributed by atoms with Gasteiger partial charge in [-0.1, -0.05) is 0 Å². The first kappa shape index (κ1) is 15.8. The van der Waals surface area contributed by atoms with Crippen molar-refractivity contribution < 1.29 is 9.90 Å². The summed E-state index contributed by atoms with van der Waals surface area (Å²) in [4.78, 5) is 11.4. The van der Waals surface area contributed by atoms with E-state index in [1.165, 1.54) is 6.20 Å². The lowest BCUT2D eigenvalue weighted by Gasteiger charge is -2.03. The molecule has 5 nitrogen and oxygen atoms in total. The Hall–Kier alpha value is -1.25. The molecule has 0 bridgehead atoms. The normalized spacial score (nSPS) is 10.8. The molecule has 0 aliphatic rings. The van der Waals surface area contributed by atoms with Crippen molar-refractivity contribution in [3.8, 4) is 6.07 Å². The van der Waals surface area contributed by atoms with Crippen molar-refractivity contribution in [2.24, 2.45) is 0 Å². The van der Waals surface area contributed by atoms with E-state index in [2.05, 4.69) is 10.6 Å². The summed E-state index contributed by atoms with van der Waals surface area (Å²) >= 11 is 5.42. The summed E-state index contributed by atoms with van der Waals surface area (Å²) in [7, 11) is 0. The van der Waals surface area contributed by atoms with E-state index in [4.69, 9.17) is 22.0 Å². The predicted molar refractivity (Wildman–Crippen MR) is 66.4 cm³/mol. The fourth-order valence-corrected chi connectivity index (χ4v) is 1.19. The average Bonchev–Trinajstić information content (AvgIpc) is 2.35. The Bertz CT molecular complexity index is 287. The molecule has 1 amide bonds. The minimum Gasteiger partial charge on any atom is -0.396 e. The van der Waals surface area contributed by atoms with E-state index >= 15 is 0 Å². The van der Waals surface area contributed by atoms with Gasteiger partial charge in [-0.05, 0) is 19.3 Å². The van der Waals surface area contributed by atoms with Crippen LogP contribution in [0.1, 0.15) is 19.3 Å². The first-order valence-corrected chi connectivity index (χ1v) is 6.08. The highest BCUT2D eigenvalue weighted by Gasteiger charge is 2.06. The van der Waals surface area contributed by atoms with Crippen LogP contribution in [-0.4, -0.2) is 36.6 Å². The lowest BCUT2D eigenvalue weighted by molar-refractivity contribution is -0.117. The Morgan fingerprint density at radius 3 is 2.71 bits per heavy atom. The molecule has 0 fully saturated rings. The number of aliphatic hydroxyl groups excluding tert-OH is 1. The molecular weight excluding hydrogens is 242 g/mol. The van der Waals surface area contributed by atoms with Gasteiger partial charge in [0.15, 0.2) is 0 Å². The monoisotopic (exact) mass is 259 g/mol. The molecule has 6 heteroatoms. The van der Waals surface area contributed by atoms with Gasteiger partial charge in [-0.15, -0.1) is 11.6 Å². The molecule has 0 heterocycles. The van der Waals surface area contributed by atoms with Crippen molar-refractivity contribution >= 4 is 17.5 Å². The van der Waals surface area contributed by atoms with Crippen LogP contribution in [-0.2, 0) is 4.79 Å². The highest BCUT2D eigenvalue weighted by atomic mass is 35.5. The van der Waals surface area contributed by atoms with Crippen LogP contribution in [0.4, 0.5) is 0 Å². The van der Waals surface area contributed by atoms with Gasteiger partial charge in [-0.25, -0.2) is 0 Å². The zero-order valence-electron chi connectivity index (χ0n) is 9.71. The van der Waals surface area contributed by atoms with Crippen LogP contribution in [0.3, 0.4) is 0 Å². The average molecular weight is 260 g/mol. The molecule has 3 N–H and O–H groups in total. The van der Waals surface area contributed by atoms with E-state index < -0.39 is 5.91 Å². The fraction of sp³-hybridized carbons (Fsp3) is 0.636. The number of carbonyl (C=O) groups excluding carboxylic acids is 1. The van der Waals surface area contributed by atoms with Crippen molar-refractivity contribution in [1.82, 2.24) is 10.6 Å². The zero-order chi connectivity index (χ0) is 12.9. The van der Waals surface area contributed by atoms with Crippen LogP contribution in [0.25, 0.3) is 0 Å². The van der Waals surface area contributed by atoms with Gasteiger partial charge in [0.25, 0.3) is 5.91 Å². The highest BCUT2D eigenvalue weighted by Crippen LogP contribution is 1.94. The number of aliphatic hydroxyl groups is 1. The van der Waals surface area contributed by atoms with Crippen molar-refractivity contribution in [1.29, 1.82) is 5.26 Å². The quantitative estimate of drug-likeness (QED) is 0.244. The van der Waals surface area contributed by atoms with E-state index in [-0.39, 0.29) is 12.2 Å². The second-order valence-electron chi connectivity index (χ2n) is 3.35. The number of nitrogens with one attached hydrogen (secondary N) is 2. The van der Waals surface area contributed by atoms with E-state index in [1.807, 2.05) is 6.07 Å². The van der Waals surface area contributed by atoms with Crippen molar-refractivity contribution in [3.05, 3.63) is 11.8 Å². The number of unbranched alkanes of at least 4 members (excludes halogenated alkanes) is 2. The molecule has 0 aliphatic carbocycles. The summed E-state index contributed by atoms with van der Waals surface area (Å²) < 4.78 is 0. The van der Waals surface area contributed by atoms with E-state index in [0.29, 0.717) is 19.0 Å². The minimum absolute atomic E-state index is 0.0391. The highest BCUT2D eigenvalue weighted by molar-refractivity contribution is 6.18. The van der Waals surface area contributed by atoms with Crippen LogP contribution in [0.5, 0.6) is 0 Å². The second kappa shape index (κ2) is 11.2. The third kappa shape index (κ3) is 8.55. The van der Waals surface area contributed by atoms with Gasteiger partial charge < -0.3 is 15.7 Å². The Labute approximate surface area is 106 Å². The van der Waals surface area contributed by atoms with Crippen molar-refractivity contribution in [2.75, 3.05) is 25.6 Å². The van der Waals surface area contributed by atoms with Crippen LogP contribution < -0.4 is 10.6 Å². The largest absolute Gasteiger partial charge is 0.396 e. The Morgan fingerprint density at radius 2 is 2.12 bits per heavy atom. The molecule has 0 radical (unpaired) electrons. The molecule has 0 aromatic rings. The molecule has 0 spiro atoms.